The molecule has 0 unspecified atom stereocenters. The van der Waals surface area contributed by atoms with Crippen LogP contribution in [0.5, 0.6) is 0 Å². The Morgan fingerprint density at radius 3 is 2.57 bits per heavy atom. The predicted molar refractivity (Wildman–Crippen MR) is 107 cm³/mol. The topological polar surface area (TPSA) is 99.0 Å². The van der Waals surface area contributed by atoms with E-state index in [2.05, 4.69) is 20.4 Å². The number of rotatable bonds is 4. The Balaban J connectivity index is 1.62. The number of halogens is 1. The number of carbonyl (C=O) groups excluding carboxylic acids is 2. The smallest absolute Gasteiger partial charge is 0.340 e. The summed E-state index contributed by atoms with van der Waals surface area (Å²) in [6.07, 6.45) is 5.80. The van der Waals surface area contributed by atoms with E-state index in [4.69, 9.17) is 4.74 Å². The average molecular weight is 405 g/mol. The van der Waals surface area contributed by atoms with Crippen molar-refractivity contribution in [3.05, 3.63) is 77.6 Å². The lowest BCUT2D eigenvalue weighted by Crippen LogP contribution is -2.22. The van der Waals surface area contributed by atoms with E-state index in [0.29, 0.717) is 22.4 Å². The Labute approximate surface area is 170 Å². The minimum atomic E-state index is -0.642. The molecule has 1 N–H and O–H groups in total. The van der Waals surface area contributed by atoms with Crippen LogP contribution in [0.1, 0.15) is 26.3 Å². The molecule has 9 heteroatoms. The van der Waals surface area contributed by atoms with Gasteiger partial charge in [0.2, 0.25) is 0 Å². The zero-order valence-electron chi connectivity index (χ0n) is 16.1. The molecular weight excluding hydrogens is 389 g/mol. The van der Waals surface area contributed by atoms with Crippen molar-refractivity contribution in [3.8, 4) is 11.5 Å². The van der Waals surface area contributed by atoms with Gasteiger partial charge in [-0.2, -0.15) is 0 Å². The zero-order chi connectivity index (χ0) is 21.3. The second-order valence-corrected chi connectivity index (χ2v) is 6.52. The second kappa shape index (κ2) is 7.70. The number of ether oxygens (including phenoxy) is 1. The number of pyridine rings is 1. The van der Waals surface area contributed by atoms with Gasteiger partial charge in [0.25, 0.3) is 5.91 Å². The highest BCUT2D eigenvalue weighted by atomic mass is 19.1. The Morgan fingerprint density at radius 1 is 1.10 bits per heavy atom. The molecule has 0 aliphatic rings. The highest BCUT2D eigenvalue weighted by molar-refractivity contribution is 6.06. The number of aryl methyl sites for hydroxylation is 1. The maximum absolute atomic E-state index is 13.7. The van der Waals surface area contributed by atoms with Gasteiger partial charge in [0.05, 0.1) is 23.8 Å². The molecule has 1 aromatic carbocycles. The summed E-state index contributed by atoms with van der Waals surface area (Å²) in [7, 11) is 1.23. The molecule has 3 aromatic heterocycles. The van der Waals surface area contributed by atoms with Crippen molar-refractivity contribution in [2.45, 2.75) is 6.92 Å². The molecule has 0 saturated heterocycles. The normalized spacial score (nSPS) is 10.8. The fourth-order valence-corrected chi connectivity index (χ4v) is 2.98. The van der Waals surface area contributed by atoms with Crippen LogP contribution in [0.4, 0.5) is 4.39 Å². The number of amides is 1. The first-order valence-corrected chi connectivity index (χ1v) is 8.91. The third-order valence-corrected chi connectivity index (χ3v) is 4.45. The number of carbonyl (C=O) groups is 2. The molecule has 3 heterocycles. The lowest BCUT2D eigenvalue weighted by atomic mass is 10.2. The van der Waals surface area contributed by atoms with Gasteiger partial charge in [-0.3, -0.25) is 19.9 Å². The number of hydrogen-bond acceptors (Lipinski definition) is 6. The van der Waals surface area contributed by atoms with Crippen LogP contribution < -0.4 is 5.43 Å². The first-order valence-electron chi connectivity index (χ1n) is 8.91. The molecule has 0 radical (unpaired) electrons. The summed E-state index contributed by atoms with van der Waals surface area (Å²) in [6, 6.07) is 7.60. The van der Waals surface area contributed by atoms with Crippen LogP contribution in [0, 0.1) is 12.7 Å². The molecule has 0 atom stereocenters. The molecule has 0 saturated carbocycles. The molecule has 150 valence electrons. The first-order chi connectivity index (χ1) is 14.5. The first kappa shape index (κ1) is 19.2. The number of esters is 1. The fourth-order valence-electron chi connectivity index (χ4n) is 2.98. The van der Waals surface area contributed by atoms with E-state index in [9.17, 15) is 14.0 Å². The molecule has 30 heavy (non-hydrogen) atoms. The molecule has 0 fully saturated rings. The molecule has 1 amide bonds. The molecule has 8 nitrogen and oxygen atoms in total. The number of aromatic nitrogens is 4. The van der Waals surface area contributed by atoms with Crippen molar-refractivity contribution < 1.29 is 18.7 Å². The summed E-state index contributed by atoms with van der Waals surface area (Å²) in [4.78, 5) is 37.3. The number of nitrogens with zero attached hydrogens (tertiary/aromatic N) is 4. The summed E-state index contributed by atoms with van der Waals surface area (Å²) >= 11 is 0. The van der Waals surface area contributed by atoms with E-state index in [-0.39, 0.29) is 11.1 Å². The van der Waals surface area contributed by atoms with E-state index >= 15 is 0 Å². The summed E-state index contributed by atoms with van der Waals surface area (Å²) in [5, 5.41) is 0.319. The number of nitrogens with one attached hydrogen (secondary N) is 1. The van der Waals surface area contributed by atoms with Crippen molar-refractivity contribution in [2.24, 2.45) is 0 Å². The minimum absolute atomic E-state index is 0.129. The van der Waals surface area contributed by atoms with Crippen LogP contribution in [-0.2, 0) is 4.74 Å². The summed E-state index contributed by atoms with van der Waals surface area (Å²) in [5.41, 5.74) is 5.03. The lowest BCUT2D eigenvalue weighted by Gasteiger charge is -2.08. The van der Waals surface area contributed by atoms with Gasteiger partial charge in [-0.1, -0.05) is 0 Å². The zero-order valence-corrected chi connectivity index (χ0v) is 16.1. The van der Waals surface area contributed by atoms with Crippen molar-refractivity contribution in [1.29, 1.82) is 0 Å². The third kappa shape index (κ3) is 3.60. The van der Waals surface area contributed by atoms with Crippen molar-refractivity contribution in [3.63, 3.8) is 0 Å². The molecule has 0 aliphatic carbocycles. The summed E-state index contributed by atoms with van der Waals surface area (Å²) < 4.78 is 19.7. The van der Waals surface area contributed by atoms with Gasteiger partial charge in [0.1, 0.15) is 11.5 Å². The van der Waals surface area contributed by atoms with Gasteiger partial charge in [0.15, 0.2) is 5.82 Å². The highest BCUT2D eigenvalue weighted by Gasteiger charge is 2.18. The molecule has 0 spiro atoms. The van der Waals surface area contributed by atoms with Crippen molar-refractivity contribution in [1.82, 2.24) is 19.6 Å². The van der Waals surface area contributed by atoms with E-state index < -0.39 is 17.7 Å². The SMILES string of the molecule is COC(=O)c1cn(NC(=O)c2cnc(-c3cc(C)ccn3)nc2)c2ccc(F)cc12. The van der Waals surface area contributed by atoms with Gasteiger partial charge >= 0.3 is 5.97 Å². The number of methoxy groups -OCH3 is 1. The second-order valence-electron chi connectivity index (χ2n) is 6.52. The Kier molecular flexibility index (Phi) is 4.93. The number of hydrogen-bond donors (Lipinski definition) is 1. The van der Waals surface area contributed by atoms with E-state index in [0.717, 1.165) is 5.56 Å². The minimum Gasteiger partial charge on any atom is -0.465 e. The molecular formula is C21H16FN5O3. The largest absolute Gasteiger partial charge is 0.465 e. The average Bonchev–Trinajstić information content (AvgIpc) is 3.10. The summed E-state index contributed by atoms with van der Waals surface area (Å²) in [5.74, 6) is -1.26. The lowest BCUT2D eigenvalue weighted by molar-refractivity contribution is 0.0602. The van der Waals surface area contributed by atoms with Gasteiger partial charge < -0.3 is 4.74 Å². The Morgan fingerprint density at radius 2 is 1.87 bits per heavy atom. The monoisotopic (exact) mass is 405 g/mol. The predicted octanol–water partition coefficient (Wildman–Crippen LogP) is 3.11. The van der Waals surface area contributed by atoms with E-state index in [1.165, 1.54) is 48.6 Å². The van der Waals surface area contributed by atoms with E-state index in [1.807, 2.05) is 19.1 Å². The highest BCUT2D eigenvalue weighted by Crippen LogP contribution is 2.23. The van der Waals surface area contributed by atoms with Gasteiger partial charge in [-0.15, -0.1) is 0 Å². The molecule has 0 bridgehead atoms. The van der Waals surface area contributed by atoms with Crippen LogP contribution in [0.3, 0.4) is 0 Å². The summed E-state index contributed by atoms with van der Waals surface area (Å²) in [6.45, 7) is 1.93. The van der Waals surface area contributed by atoms with Gasteiger partial charge in [-0.05, 0) is 42.8 Å². The van der Waals surface area contributed by atoms with Crippen LogP contribution in [0.15, 0.2) is 55.1 Å². The van der Waals surface area contributed by atoms with E-state index in [1.54, 1.807) is 6.20 Å². The van der Waals surface area contributed by atoms with Crippen molar-refractivity contribution >= 4 is 22.8 Å². The maximum atomic E-state index is 13.7. The Hall–Kier alpha value is -4.14. The van der Waals surface area contributed by atoms with Crippen LogP contribution in [0.2, 0.25) is 0 Å². The van der Waals surface area contributed by atoms with Crippen LogP contribution in [0.25, 0.3) is 22.4 Å². The van der Waals surface area contributed by atoms with Gasteiger partial charge in [-0.25, -0.2) is 19.2 Å². The standard InChI is InChI=1S/C21H16FN5O3/c1-12-5-6-23-17(7-12)19-24-9-13(10-25-19)20(28)26-27-11-16(21(29)30-2)15-8-14(22)3-4-18(15)27/h3-11H,1-2H3,(H,26,28). The molecule has 0 aliphatic heterocycles. The van der Waals surface area contributed by atoms with Crippen molar-refractivity contribution in [2.75, 3.05) is 12.5 Å². The Bertz CT molecular complexity index is 1270. The van der Waals surface area contributed by atoms with Crippen LogP contribution in [-0.4, -0.2) is 38.6 Å². The van der Waals surface area contributed by atoms with Gasteiger partial charge in [0, 0.05) is 30.2 Å². The third-order valence-electron chi connectivity index (χ3n) is 4.45. The fraction of sp³-hybridized carbons (Fsp3) is 0.0952. The molecule has 4 aromatic rings. The molecule has 4 rings (SSSR count). The number of fused-ring (bicyclic) bond motifs is 1. The number of benzene rings is 1. The van der Waals surface area contributed by atoms with Crippen LogP contribution >= 0.6 is 0 Å². The quantitative estimate of drug-likeness (QED) is 0.524. The maximum Gasteiger partial charge on any atom is 0.340 e.